The maximum atomic E-state index is 10.6. The van der Waals surface area contributed by atoms with Crippen LogP contribution in [0.25, 0.3) is 11.1 Å². The highest BCUT2D eigenvalue weighted by atomic mass is 35.5. The van der Waals surface area contributed by atoms with E-state index in [0.717, 1.165) is 21.7 Å². The lowest BCUT2D eigenvalue weighted by Gasteiger charge is -2.09. The van der Waals surface area contributed by atoms with E-state index in [1.807, 2.05) is 48.5 Å². The van der Waals surface area contributed by atoms with E-state index in [1.165, 1.54) is 6.92 Å². The van der Waals surface area contributed by atoms with Crippen LogP contribution in [0.3, 0.4) is 0 Å². The second kappa shape index (κ2) is 7.25. The molecule has 0 radical (unpaired) electrons. The normalized spacial score (nSPS) is 12.1. The average Bonchev–Trinajstić information content (AvgIpc) is 2.48. The minimum atomic E-state index is -0.937. The largest absolute Gasteiger partial charge is 0.479 e. The summed E-state index contributed by atoms with van der Waals surface area (Å²) in [6.07, 6.45) is -0.0725. The van der Waals surface area contributed by atoms with Gasteiger partial charge in [0.2, 0.25) is 0 Å². The predicted molar refractivity (Wildman–Crippen MR) is 83.6 cm³/mol. The molecule has 0 bridgehead atoms. The van der Waals surface area contributed by atoms with Crippen LogP contribution in [-0.2, 0) is 16.0 Å². The summed E-state index contributed by atoms with van der Waals surface area (Å²) in [4.78, 5) is 10.6. The molecule has 0 aliphatic rings. The minimum absolute atomic E-state index is 0.397. The van der Waals surface area contributed by atoms with Crippen molar-refractivity contribution in [1.29, 1.82) is 0 Å². The summed E-state index contributed by atoms with van der Waals surface area (Å²) in [5.74, 6) is -0.937. The molecule has 0 amide bonds. The molecule has 110 valence electrons. The van der Waals surface area contributed by atoms with E-state index in [2.05, 4.69) is 0 Å². The number of ether oxygens (including phenoxy) is 1. The molecule has 0 aliphatic heterocycles. The van der Waals surface area contributed by atoms with Crippen LogP contribution in [0.1, 0.15) is 12.5 Å². The van der Waals surface area contributed by atoms with E-state index in [9.17, 15) is 4.79 Å². The van der Waals surface area contributed by atoms with Crippen LogP contribution in [0.15, 0.2) is 48.5 Å². The molecule has 0 heterocycles. The Morgan fingerprint density at radius 2 is 1.62 bits per heavy atom. The molecule has 4 heteroatoms. The zero-order chi connectivity index (χ0) is 15.2. The Bertz CT molecular complexity index is 590. The fraction of sp³-hybridized carbons (Fsp3) is 0.235. The van der Waals surface area contributed by atoms with Crippen molar-refractivity contribution in [1.82, 2.24) is 0 Å². The van der Waals surface area contributed by atoms with Crippen molar-refractivity contribution in [3.63, 3.8) is 0 Å². The summed E-state index contributed by atoms with van der Waals surface area (Å²) in [6.45, 7) is 1.93. The molecule has 0 aromatic heterocycles. The van der Waals surface area contributed by atoms with Crippen LogP contribution < -0.4 is 0 Å². The second-order valence-corrected chi connectivity index (χ2v) is 5.24. The van der Waals surface area contributed by atoms with Gasteiger partial charge in [0.25, 0.3) is 0 Å². The molecule has 1 atom stereocenters. The van der Waals surface area contributed by atoms with Gasteiger partial charge in [-0.1, -0.05) is 48.0 Å². The first-order chi connectivity index (χ1) is 10.1. The molecular formula is C17H17ClO3. The van der Waals surface area contributed by atoms with Crippen LogP contribution >= 0.6 is 11.6 Å². The van der Waals surface area contributed by atoms with E-state index in [-0.39, 0.29) is 0 Å². The standard InChI is InChI=1S/C17H17ClO3/c1-12(17(19)20)21-11-10-13-2-4-14(5-3-13)15-6-8-16(18)9-7-15/h2-9,12H,10-11H2,1H3,(H,19,20). The average molecular weight is 305 g/mol. The Labute approximate surface area is 129 Å². The van der Waals surface area contributed by atoms with E-state index in [4.69, 9.17) is 21.4 Å². The minimum Gasteiger partial charge on any atom is -0.479 e. The molecular weight excluding hydrogens is 288 g/mol. The Morgan fingerprint density at radius 1 is 1.10 bits per heavy atom. The molecule has 0 saturated carbocycles. The van der Waals surface area contributed by atoms with Crippen molar-refractivity contribution in [2.45, 2.75) is 19.4 Å². The molecule has 21 heavy (non-hydrogen) atoms. The predicted octanol–water partition coefficient (Wildman–Crippen LogP) is 4.04. The molecule has 3 nitrogen and oxygen atoms in total. The number of carboxylic acids is 1. The Balaban J connectivity index is 1.93. The topological polar surface area (TPSA) is 46.5 Å². The Kier molecular flexibility index (Phi) is 5.37. The highest BCUT2D eigenvalue weighted by molar-refractivity contribution is 6.30. The van der Waals surface area contributed by atoms with Crippen molar-refractivity contribution >= 4 is 17.6 Å². The number of hydrogen-bond acceptors (Lipinski definition) is 2. The van der Waals surface area contributed by atoms with Gasteiger partial charge in [0.15, 0.2) is 6.10 Å². The number of hydrogen-bond donors (Lipinski definition) is 1. The second-order valence-electron chi connectivity index (χ2n) is 4.81. The maximum absolute atomic E-state index is 10.6. The summed E-state index contributed by atoms with van der Waals surface area (Å²) < 4.78 is 5.22. The van der Waals surface area contributed by atoms with Crippen molar-refractivity contribution in [2.75, 3.05) is 6.61 Å². The molecule has 1 unspecified atom stereocenters. The van der Waals surface area contributed by atoms with Crippen molar-refractivity contribution in [2.24, 2.45) is 0 Å². The number of carbonyl (C=O) groups is 1. The van der Waals surface area contributed by atoms with Gasteiger partial charge >= 0.3 is 5.97 Å². The van der Waals surface area contributed by atoms with Gasteiger partial charge in [-0.25, -0.2) is 4.79 Å². The third kappa shape index (κ3) is 4.59. The first kappa shape index (κ1) is 15.5. The summed E-state index contributed by atoms with van der Waals surface area (Å²) in [5, 5.41) is 9.45. The molecule has 0 aliphatic carbocycles. The highest BCUT2D eigenvalue weighted by Gasteiger charge is 2.10. The Hall–Kier alpha value is -1.84. The van der Waals surface area contributed by atoms with E-state index < -0.39 is 12.1 Å². The number of carboxylic acid groups (broad SMARTS) is 1. The lowest BCUT2D eigenvalue weighted by molar-refractivity contribution is -0.149. The van der Waals surface area contributed by atoms with E-state index in [0.29, 0.717) is 13.0 Å². The van der Waals surface area contributed by atoms with Gasteiger partial charge in [0, 0.05) is 5.02 Å². The van der Waals surface area contributed by atoms with Gasteiger partial charge in [-0.15, -0.1) is 0 Å². The van der Waals surface area contributed by atoms with Crippen molar-refractivity contribution < 1.29 is 14.6 Å². The summed E-state index contributed by atoms with van der Waals surface area (Å²) in [6, 6.07) is 15.8. The first-order valence-electron chi connectivity index (χ1n) is 6.75. The van der Waals surface area contributed by atoms with Gasteiger partial charge in [-0.2, -0.15) is 0 Å². The fourth-order valence-electron chi connectivity index (χ4n) is 1.93. The van der Waals surface area contributed by atoms with Gasteiger partial charge in [0.05, 0.1) is 6.61 Å². The quantitative estimate of drug-likeness (QED) is 0.876. The molecule has 1 N–H and O–H groups in total. The van der Waals surface area contributed by atoms with Crippen LogP contribution in [0.2, 0.25) is 5.02 Å². The maximum Gasteiger partial charge on any atom is 0.332 e. The number of aliphatic carboxylic acids is 1. The zero-order valence-corrected chi connectivity index (χ0v) is 12.5. The molecule has 0 saturated heterocycles. The smallest absolute Gasteiger partial charge is 0.332 e. The zero-order valence-electron chi connectivity index (χ0n) is 11.8. The summed E-state index contributed by atoms with van der Waals surface area (Å²) in [5.41, 5.74) is 3.35. The summed E-state index contributed by atoms with van der Waals surface area (Å²) >= 11 is 5.87. The van der Waals surface area contributed by atoms with Crippen LogP contribution in [-0.4, -0.2) is 23.8 Å². The van der Waals surface area contributed by atoms with Gasteiger partial charge in [-0.05, 0) is 42.2 Å². The van der Waals surface area contributed by atoms with E-state index in [1.54, 1.807) is 0 Å². The number of rotatable bonds is 6. The molecule has 2 aromatic rings. The van der Waals surface area contributed by atoms with E-state index >= 15 is 0 Å². The lowest BCUT2D eigenvalue weighted by atomic mass is 10.0. The molecule has 2 aromatic carbocycles. The van der Waals surface area contributed by atoms with Crippen molar-refractivity contribution in [3.05, 3.63) is 59.1 Å². The first-order valence-corrected chi connectivity index (χ1v) is 7.13. The Morgan fingerprint density at radius 3 is 2.14 bits per heavy atom. The van der Waals surface area contributed by atoms with Gasteiger partial charge < -0.3 is 9.84 Å². The molecule has 0 fully saturated rings. The van der Waals surface area contributed by atoms with Gasteiger partial charge in [0.1, 0.15) is 0 Å². The van der Waals surface area contributed by atoms with Crippen molar-refractivity contribution in [3.8, 4) is 11.1 Å². The van der Waals surface area contributed by atoms with Gasteiger partial charge in [-0.3, -0.25) is 0 Å². The lowest BCUT2D eigenvalue weighted by Crippen LogP contribution is -2.20. The van der Waals surface area contributed by atoms with Crippen LogP contribution in [0, 0.1) is 0 Å². The SMILES string of the molecule is CC(OCCc1ccc(-c2ccc(Cl)cc2)cc1)C(=O)O. The molecule has 0 spiro atoms. The number of benzene rings is 2. The van der Waals surface area contributed by atoms with Crippen LogP contribution in [0.5, 0.6) is 0 Å². The summed E-state index contributed by atoms with van der Waals surface area (Å²) in [7, 11) is 0. The van der Waals surface area contributed by atoms with Crippen LogP contribution in [0.4, 0.5) is 0 Å². The highest BCUT2D eigenvalue weighted by Crippen LogP contribution is 2.22. The molecule has 2 rings (SSSR count). The number of halogens is 1. The third-order valence-corrected chi connectivity index (χ3v) is 3.49. The third-order valence-electron chi connectivity index (χ3n) is 3.24. The fourth-order valence-corrected chi connectivity index (χ4v) is 2.06. The monoisotopic (exact) mass is 304 g/mol.